The molecular formula is C13H18ClN3O. The molecular weight excluding hydrogens is 250 g/mol. The molecule has 0 radical (unpaired) electrons. The normalized spacial score (nSPS) is 18.3. The maximum absolute atomic E-state index is 11.5. The molecule has 1 aromatic rings. The SMILES string of the molecule is CC1(Nc2cccc(Cl)c2C(N)=O)CCNCC1. The van der Waals surface area contributed by atoms with Crippen LogP contribution in [0.2, 0.25) is 5.02 Å². The third kappa shape index (κ3) is 2.76. The van der Waals surface area contributed by atoms with Crippen molar-refractivity contribution in [3.8, 4) is 0 Å². The van der Waals surface area contributed by atoms with Gasteiger partial charge in [0, 0.05) is 11.2 Å². The van der Waals surface area contributed by atoms with E-state index in [-0.39, 0.29) is 5.54 Å². The smallest absolute Gasteiger partial charge is 0.252 e. The van der Waals surface area contributed by atoms with Gasteiger partial charge in [-0.05, 0) is 45.0 Å². The van der Waals surface area contributed by atoms with Gasteiger partial charge in [0.2, 0.25) is 0 Å². The number of hydrogen-bond donors (Lipinski definition) is 3. The lowest BCUT2D eigenvalue weighted by Crippen LogP contribution is -2.45. The second-order valence-electron chi connectivity index (χ2n) is 4.96. The quantitative estimate of drug-likeness (QED) is 0.785. The molecule has 0 spiro atoms. The van der Waals surface area contributed by atoms with Gasteiger partial charge in [0.1, 0.15) is 0 Å². The predicted molar refractivity (Wildman–Crippen MR) is 74.1 cm³/mol. The number of benzene rings is 1. The Kier molecular flexibility index (Phi) is 3.78. The molecule has 0 aliphatic carbocycles. The number of carbonyl (C=O) groups is 1. The number of halogens is 1. The molecule has 1 aliphatic rings. The van der Waals surface area contributed by atoms with Gasteiger partial charge in [-0.3, -0.25) is 4.79 Å². The highest BCUT2D eigenvalue weighted by atomic mass is 35.5. The molecule has 0 bridgehead atoms. The standard InChI is InChI=1S/C13H18ClN3O/c1-13(5-7-16-8-6-13)17-10-4-2-3-9(14)11(10)12(15)18/h2-4,16-17H,5-8H2,1H3,(H2,15,18). The predicted octanol–water partition coefficient (Wildman–Crippen LogP) is 1.99. The topological polar surface area (TPSA) is 67.1 Å². The fraction of sp³-hybridized carbons (Fsp3) is 0.462. The first kappa shape index (κ1) is 13.2. The second kappa shape index (κ2) is 5.16. The highest BCUT2D eigenvalue weighted by Gasteiger charge is 2.27. The molecule has 5 heteroatoms. The summed E-state index contributed by atoms with van der Waals surface area (Å²) in [6.45, 7) is 4.09. The van der Waals surface area contributed by atoms with Crippen LogP contribution in [-0.2, 0) is 0 Å². The summed E-state index contributed by atoms with van der Waals surface area (Å²) in [4.78, 5) is 11.5. The molecule has 1 heterocycles. The summed E-state index contributed by atoms with van der Waals surface area (Å²) in [7, 11) is 0. The molecule has 4 N–H and O–H groups in total. The zero-order valence-corrected chi connectivity index (χ0v) is 11.2. The largest absolute Gasteiger partial charge is 0.379 e. The summed E-state index contributed by atoms with van der Waals surface area (Å²) < 4.78 is 0. The monoisotopic (exact) mass is 267 g/mol. The highest BCUT2D eigenvalue weighted by Crippen LogP contribution is 2.29. The van der Waals surface area contributed by atoms with Gasteiger partial charge in [-0.1, -0.05) is 17.7 Å². The van der Waals surface area contributed by atoms with Crippen molar-refractivity contribution in [1.29, 1.82) is 0 Å². The fourth-order valence-corrected chi connectivity index (χ4v) is 2.58. The van der Waals surface area contributed by atoms with Crippen molar-refractivity contribution in [3.05, 3.63) is 28.8 Å². The van der Waals surface area contributed by atoms with Crippen LogP contribution in [-0.4, -0.2) is 24.5 Å². The summed E-state index contributed by atoms with van der Waals surface area (Å²) in [6, 6.07) is 5.35. The lowest BCUT2D eigenvalue weighted by Gasteiger charge is -2.36. The van der Waals surface area contributed by atoms with E-state index >= 15 is 0 Å². The first-order valence-electron chi connectivity index (χ1n) is 6.09. The third-order valence-corrected chi connectivity index (χ3v) is 3.72. The Labute approximate surface area is 112 Å². The van der Waals surface area contributed by atoms with Crippen LogP contribution in [0.25, 0.3) is 0 Å². The number of rotatable bonds is 3. The maximum atomic E-state index is 11.5. The Morgan fingerprint density at radius 2 is 2.11 bits per heavy atom. The molecule has 98 valence electrons. The van der Waals surface area contributed by atoms with E-state index < -0.39 is 5.91 Å². The highest BCUT2D eigenvalue weighted by molar-refractivity contribution is 6.34. The lowest BCUT2D eigenvalue weighted by atomic mass is 9.90. The Bertz CT molecular complexity index is 456. The van der Waals surface area contributed by atoms with E-state index in [0.29, 0.717) is 10.6 Å². The van der Waals surface area contributed by atoms with Gasteiger partial charge in [-0.15, -0.1) is 0 Å². The van der Waals surface area contributed by atoms with Crippen LogP contribution in [0.1, 0.15) is 30.1 Å². The third-order valence-electron chi connectivity index (χ3n) is 3.40. The van der Waals surface area contributed by atoms with E-state index in [1.807, 2.05) is 12.1 Å². The van der Waals surface area contributed by atoms with Gasteiger partial charge in [-0.25, -0.2) is 0 Å². The van der Waals surface area contributed by atoms with Gasteiger partial charge in [0.15, 0.2) is 0 Å². The summed E-state index contributed by atoms with van der Waals surface area (Å²) in [6.07, 6.45) is 2.00. The van der Waals surface area contributed by atoms with Crippen molar-refractivity contribution in [2.75, 3.05) is 18.4 Å². The number of carbonyl (C=O) groups excluding carboxylic acids is 1. The van der Waals surface area contributed by atoms with Crippen molar-refractivity contribution >= 4 is 23.2 Å². The molecule has 0 atom stereocenters. The minimum absolute atomic E-state index is 0.0276. The maximum Gasteiger partial charge on any atom is 0.252 e. The van der Waals surface area contributed by atoms with Gasteiger partial charge >= 0.3 is 0 Å². The fourth-order valence-electron chi connectivity index (χ4n) is 2.31. The molecule has 2 rings (SSSR count). The second-order valence-corrected chi connectivity index (χ2v) is 5.37. The lowest BCUT2D eigenvalue weighted by molar-refractivity contribution is 0.100. The van der Waals surface area contributed by atoms with Crippen LogP contribution < -0.4 is 16.4 Å². The van der Waals surface area contributed by atoms with Crippen LogP contribution in [0.15, 0.2) is 18.2 Å². The number of primary amides is 1. The number of anilines is 1. The summed E-state index contributed by atoms with van der Waals surface area (Å²) >= 11 is 6.03. The van der Waals surface area contributed by atoms with E-state index in [4.69, 9.17) is 17.3 Å². The average molecular weight is 268 g/mol. The molecule has 0 aromatic heterocycles. The minimum atomic E-state index is -0.499. The Morgan fingerprint density at radius 3 is 2.72 bits per heavy atom. The van der Waals surface area contributed by atoms with Crippen LogP contribution in [0, 0.1) is 0 Å². The Morgan fingerprint density at radius 1 is 1.44 bits per heavy atom. The number of nitrogens with two attached hydrogens (primary N) is 1. The molecule has 0 saturated carbocycles. The van der Waals surface area contributed by atoms with Gasteiger partial charge < -0.3 is 16.4 Å². The van der Waals surface area contributed by atoms with Crippen LogP contribution in [0.3, 0.4) is 0 Å². The molecule has 0 unspecified atom stereocenters. The Balaban J connectivity index is 2.28. The van der Waals surface area contributed by atoms with Crippen LogP contribution >= 0.6 is 11.6 Å². The molecule has 1 aromatic carbocycles. The minimum Gasteiger partial charge on any atom is -0.379 e. The van der Waals surface area contributed by atoms with Crippen molar-refractivity contribution in [2.24, 2.45) is 5.73 Å². The molecule has 4 nitrogen and oxygen atoms in total. The summed E-state index contributed by atoms with van der Waals surface area (Å²) in [5, 5.41) is 7.13. The zero-order chi connectivity index (χ0) is 13.2. The number of nitrogens with one attached hydrogen (secondary N) is 2. The van der Waals surface area contributed by atoms with Gasteiger partial charge in [-0.2, -0.15) is 0 Å². The van der Waals surface area contributed by atoms with E-state index in [9.17, 15) is 4.79 Å². The first-order chi connectivity index (χ1) is 8.52. The van der Waals surface area contributed by atoms with Crippen molar-refractivity contribution < 1.29 is 4.79 Å². The van der Waals surface area contributed by atoms with Crippen molar-refractivity contribution in [1.82, 2.24) is 5.32 Å². The van der Waals surface area contributed by atoms with Crippen molar-refractivity contribution in [2.45, 2.75) is 25.3 Å². The van der Waals surface area contributed by atoms with E-state index in [2.05, 4.69) is 17.6 Å². The zero-order valence-electron chi connectivity index (χ0n) is 10.4. The Hall–Kier alpha value is -1.26. The van der Waals surface area contributed by atoms with E-state index in [0.717, 1.165) is 31.6 Å². The summed E-state index contributed by atoms with van der Waals surface area (Å²) in [5.74, 6) is -0.499. The van der Waals surface area contributed by atoms with Gasteiger partial charge in [0.05, 0.1) is 10.6 Å². The van der Waals surface area contributed by atoms with Crippen LogP contribution in [0.4, 0.5) is 5.69 Å². The molecule has 18 heavy (non-hydrogen) atoms. The summed E-state index contributed by atoms with van der Waals surface area (Å²) in [5.41, 5.74) is 6.46. The number of piperidine rings is 1. The molecule has 1 fully saturated rings. The van der Waals surface area contributed by atoms with E-state index in [1.165, 1.54) is 0 Å². The first-order valence-corrected chi connectivity index (χ1v) is 6.47. The number of hydrogen-bond acceptors (Lipinski definition) is 3. The average Bonchev–Trinajstić information content (AvgIpc) is 2.28. The van der Waals surface area contributed by atoms with Gasteiger partial charge in [0.25, 0.3) is 5.91 Å². The van der Waals surface area contributed by atoms with E-state index in [1.54, 1.807) is 6.07 Å². The molecule has 1 aliphatic heterocycles. The number of amides is 1. The molecule has 1 saturated heterocycles. The van der Waals surface area contributed by atoms with Crippen LogP contribution in [0.5, 0.6) is 0 Å². The van der Waals surface area contributed by atoms with Crippen molar-refractivity contribution in [3.63, 3.8) is 0 Å². The molecule has 1 amide bonds.